The topological polar surface area (TPSA) is 91.8 Å². The molecule has 1 amide bonds. The highest BCUT2D eigenvalue weighted by atomic mass is 32.2. The van der Waals surface area contributed by atoms with Gasteiger partial charge in [-0.05, 0) is 31.4 Å². The van der Waals surface area contributed by atoms with Crippen molar-refractivity contribution in [1.29, 1.82) is 0 Å². The molecule has 1 N–H and O–H groups in total. The van der Waals surface area contributed by atoms with Gasteiger partial charge >= 0.3 is 0 Å². The van der Waals surface area contributed by atoms with Gasteiger partial charge in [0, 0.05) is 45.3 Å². The van der Waals surface area contributed by atoms with Crippen LogP contribution < -0.4 is 5.32 Å². The second kappa shape index (κ2) is 9.48. The number of carbonyl (C=O) groups is 1. The van der Waals surface area contributed by atoms with E-state index in [0.717, 1.165) is 38.8 Å². The molecule has 9 heteroatoms. The number of pyridine rings is 1. The van der Waals surface area contributed by atoms with Crippen molar-refractivity contribution in [1.82, 2.24) is 14.2 Å². The fourth-order valence-corrected chi connectivity index (χ4v) is 4.69. The number of carbonyl (C=O) groups excluding carboxylic acids is 1. The van der Waals surface area contributed by atoms with Crippen LogP contribution in [0.1, 0.15) is 32.1 Å². The summed E-state index contributed by atoms with van der Waals surface area (Å²) in [5.41, 5.74) is 0. The standard InChI is InChI=1S/C18H28N4O4S/c23-18-5-2-1-3-9-21(18)10-4-8-19-17-7-6-16(15-20-17)27(24,25)22-11-13-26-14-12-22/h6-7,15H,1-5,8-14H2,(H,19,20). The van der Waals surface area contributed by atoms with Crippen molar-refractivity contribution in [2.45, 2.75) is 37.0 Å². The molecule has 2 fully saturated rings. The quantitative estimate of drug-likeness (QED) is 0.699. The fraction of sp³-hybridized carbons (Fsp3) is 0.667. The average Bonchev–Trinajstić information content (AvgIpc) is 2.90. The van der Waals surface area contributed by atoms with E-state index in [4.69, 9.17) is 4.74 Å². The Hall–Kier alpha value is -1.71. The highest BCUT2D eigenvalue weighted by molar-refractivity contribution is 7.89. The zero-order valence-electron chi connectivity index (χ0n) is 15.6. The second-order valence-corrected chi connectivity index (χ2v) is 8.81. The van der Waals surface area contributed by atoms with E-state index >= 15 is 0 Å². The number of anilines is 1. The first-order chi connectivity index (χ1) is 13.1. The first-order valence-corrected chi connectivity index (χ1v) is 11.1. The zero-order chi connectivity index (χ0) is 19.1. The molecule has 0 spiro atoms. The Morgan fingerprint density at radius 2 is 1.93 bits per heavy atom. The number of nitrogens with zero attached hydrogens (tertiary/aromatic N) is 3. The number of hydrogen-bond acceptors (Lipinski definition) is 6. The Balaban J connectivity index is 1.47. The number of sulfonamides is 1. The molecule has 2 aliphatic heterocycles. The zero-order valence-corrected chi connectivity index (χ0v) is 16.4. The number of amides is 1. The van der Waals surface area contributed by atoms with Gasteiger partial charge in [-0.1, -0.05) is 6.42 Å². The van der Waals surface area contributed by atoms with Gasteiger partial charge < -0.3 is 15.0 Å². The molecular formula is C18H28N4O4S. The van der Waals surface area contributed by atoms with Crippen LogP contribution in [0.2, 0.25) is 0 Å². The van der Waals surface area contributed by atoms with Crippen molar-refractivity contribution < 1.29 is 17.9 Å². The maximum Gasteiger partial charge on any atom is 0.244 e. The van der Waals surface area contributed by atoms with E-state index in [2.05, 4.69) is 10.3 Å². The summed E-state index contributed by atoms with van der Waals surface area (Å²) >= 11 is 0. The number of likely N-dealkylation sites (tertiary alicyclic amines) is 1. The van der Waals surface area contributed by atoms with Gasteiger partial charge in [0.25, 0.3) is 0 Å². The number of ether oxygens (including phenoxy) is 1. The number of rotatable bonds is 7. The molecule has 1 aromatic rings. The van der Waals surface area contributed by atoms with Crippen LogP contribution in [0, 0.1) is 0 Å². The first-order valence-electron chi connectivity index (χ1n) is 9.63. The third-order valence-corrected chi connectivity index (χ3v) is 6.81. The number of nitrogens with one attached hydrogen (secondary N) is 1. The van der Waals surface area contributed by atoms with E-state index in [9.17, 15) is 13.2 Å². The Labute approximate surface area is 160 Å². The highest BCUT2D eigenvalue weighted by Gasteiger charge is 2.26. The average molecular weight is 397 g/mol. The summed E-state index contributed by atoms with van der Waals surface area (Å²) < 4.78 is 31.8. The number of hydrogen-bond donors (Lipinski definition) is 1. The maximum atomic E-state index is 12.6. The minimum atomic E-state index is -3.51. The van der Waals surface area contributed by atoms with Gasteiger partial charge in [-0.15, -0.1) is 0 Å². The molecule has 2 saturated heterocycles. The minimum Gasteiger partial charge on any atom is -0.379 e. The van der Waals surface area contributed by atoms with Gasteiger partial charge in [0.15, 0.2) is 0 Å². The van der Waals surface area contributed by atoms with E-state index in [1.165, 1.54) is 10.5 Å². The maximum absolute atomic E-state index is 12.6. The van der Waals surface area contributed by atoms with Gasteiger partial charge in [-0.2, -0.15) is 4.31 Å². The monoisotopic (exact) mass is 396 g/mol. The van der Waals surface area contributed by atoms with Gasteiger partial charge in [0.05, 0.1) is 13.2 Å². The van der Waals surface area contributed by atoms with E-state index in [1.54, 1.807) is 12.1 Å². The summed E-state index contributed by atoms with van der Waals surface area (Å²) in [6.45, 7) is 3.87. The molecule has 27 heavy (non-hydrogen) atoms. The normalized spacial score (nSPS) is 19.7. The lowest BCUT2D eigenvalue weighted by Gasteiger charge is -2.25. The molecule has 0 aliphatic carbocycles. The van der Waals surface area contributed by atoms with E-state index in [-0.39, 0.29) is 10.8 Å². The van der Waals surface area contributed by atoms with Crippen LogP contribution in [0.4, 0.5) is 5.82 Å². The number of morpholine rings is 1. The largest absolute Gasteiger partial charge is 0.379 e. The summed E-state index contributed by atoms with van der Waals surface area (Å²) in [6.07, 6.45) is 6.10. The highest BCUT2D eigenvalue weighted by Crippen LogP contribution is 2.17. The Bertz CT molecular complexity index is 717. The predicted octanol–water partition coefficient (Wildman–Crippen LogP) is 1.31. The van der Waals surface area contributed by atoms with Gasteiger partial charge in [-0.3, -0.25) is 4.79 Å². The Morgan fingerprint density at radius 1 is 1.11 bits per heavy atom. The van der Waals surface area contributed by atoms with E-state index < -0.39 is 10.0 Å². The van der Waals surface area contributed by atoms with Crippen LogP contribution in [0.5, 0.6) is 0 Å². The van der Waals surface area contributed by atoms with Crippen molar-refractivity contribution in [3.8, 4) is 0 Å². The van der Waals surface area contributed by atoms with Crippen LogP contribution in [-0.2, 0) is 19.6 Å². The number of aromatic nitrogens is 1. The molecule has 3 heterocycles. The minimum absolute atomic E-state index is 0.199. The molecule has 8 nitrogen and oxygen atoms in total. The smallest absolute Gasteiger partial charge is 0.244 e. The molecule has 3 rings (SSSR count). The van der Waals surface area contributed by atoms with Crippen molar-refractivity contribution in [2.24, 2.45) is 0 Å². The third kappa shape index (κ3) is 5.40. The van der Waals surface area contributed by atoms with Crippen molar-refractivity contribution in [3.05, 3.63) is 18.3 Å². The Kier molecular flexibility index (Phi) is 7.03. The summed E-state index contributed by atoms with van der Waals surface area (Å²) in [5.74, 6) is 0.890. The predicted molar refractivity (Wildman–Crippen MR) is 102 cm³/mol. The summed E-state index contributed by atoms with van der Waals surface area (Å²) in [7, 11) is -3.51. The lowest BCUT2D eigenvalue weighted by Crippen LogP contribution is -2.40. The third-order valence-electron chi connectivity index (χ3n) is 4.93. The lowest BCUT2D eigenvalue weighted by molar-refractivity contribution is -0.130. The Morgan fingerprint density at radius 3 is 2.67 bits per heavy atom. The van der Waals surface area contributed by atoms with E-state index in [0.29, 0.717) is 45.1 Å². The van der Waals surface area contributed by atoms with Gasteiger partial charge in [0.1, 0.15) is 10.7 Å². The van der Waals surface area contributed by atoms with Crippen LogP contribution in [0.25, 0.3) is 0 Å². The van der Waals surface area contributed by atoms with Crippen LogP contribution in [0.3, 0.4) is 0 Å². The van der Waals surface area contributed by atoms with Crippen LogP contribution in [-0.4, -0.2) is 74.5 Å². The van der Waals surface area contributed by atoms with Gasteiger partial charge in [-0.25, -0.2) is 13.4 Å². The molecule has 0 radical (unpaired) electrons. The van der Waals surface area contributed by atoms with Crippen molar-refractivity contribution >= 4 is 21.7 Å². The molecule has 2 aliphatic rings. The lowest BCUT2D eigenvalue weighted by atomic mass is 10.2. The molecular weight excluding hydrogens is 368 g/mol. The van der Waals surface area contributed by atoms with Crippen molar-refractivity contribution in [3.63, 3.8) is 0 Å². The fourth-order valence-electron chi connectivity index (χ4n) is 3.33. The molecule has 0 aromatic carbocycles. The SMILES string of the molecule is O=C1CCCCCN1CCCNc1ccc(S(=O)(=O)N2CCOCC2)cn1. The van der Waals surface area contributed by atoms with E-state index in [1.807, 2.05) is 4.90 Å². The first kappa shape index (κ1) is 20.0. The molecule has 0 unspecified atom stereocenters. The molecule has 0 saturated carbocycles. The summed E-state index contributed by atoms with van der Waals surface area (Å²) in [5, 5.41) is 3.20. The van der Waals surface area contributed by atoms with Crippen LogP contribution in [0.15, 0.2) is 23.2 Å². The molecule has 150 valence electrons. The second-order valence-electron chi connectivity index (χ2n) is 6.87. The molecule has 1 aromatic heterocycles. The molecule has 0 atom stereocenters. The van der Waals surface area contributed by atoms with Crippen molar-refractivity contribution in [2.75, 3.05) is 51.3 Å². The summed E-state index contributed by atoms with van der Waals surface area (Å²) in [4.78, 5) is 18.3. The summed E-state index contributed by atoms with van der Waals surface area (Å²) in [6, 6.07) is 3.27. The van der Waals surface area contributed by atoms with Crippen LogP contribution >= 0.6 is 0 Å². The molecule has 0 bridgehead atoms. The van der Waals surface area contributed by atoms with Gasteiger partial charge in [0.2, 0.25) is 15.9 Å².